The van der Waals surface area contributed by atoms with Crippen molar-refractivity contribution in [3.63, 3.8) is 0 Å². The lowest BCUT2D eigenvalue weighted by atomic mass is 10.0. The van der Waals surface area contributed by atoms with Crippen LogP contribution in [0.1, 0.15) is 33.6 Å². The van der Waals surface area contributed by atoms with Crippen LogP contribution in [-0.2, 0) is 9.53 Å². The van der Waals surface area contributed by atoms with Gasteiger partial charge < -0.3 is 25.4 Å². The molecule has 1 amide bonds. The second-order valence-electron chi connectivity index (χ2n) is 6.58. The molecular formula is C19H30N4O3. The van der Waals surface area contributed by atoms with Gasteiger partial charge in [0.1, 0.15) is 12.4 Å². The molecule has 1 unspecified atom stereocenters. The van der Waals surface area contributed by atoms with E-state index in [2.05, 4.69) is 27.9 Å². The number of carbonyl (C=O) groups excluding carboxylic acids is 1. The molecular weight excluding hydrogens is 332 g/mol. The van der Waals surface area contributed by atoms with E-state index < -0.39 is 0 Å². The van der Waals surface area contributed by atoms with Crippen molar-refractivity contribution in [2.45, 2.75) is 39.2 Å². The number of ether oxygens (including phenoxy) is 2. The molecule has 1 fully saturated rings. The smallest absolute Gasteiger partial charge is 0.221 e. The molecule has 1 saturated heterocycles. The monoisotopic (exact) mass is 362 g/mol. The topological polar surface area (TPSA) is 84.0 Å². The molecule has 2 rings (SSSR count). The Kier molecular flexibility index (Phi) is 7.72. The highest BCUT2D eigenvalue weighted by Gasteiger charge is 2.29. The Morgan fingerprint density at radius 1 is 1.38 bits per heavy atom. The van der Waals surface area contributed by atoms with E-state index in [1.165, 1.54) is 6.92 Å². The Morgan fingerprint density at radius 2 is 2.23 bits per heavy atom. The number of amides is 1. The van der Waals surface area contributed by atoms with Gasteiger partial charge in [-0.2, -0.15) is 0 Å². The molecule has 1 aliphatic rings. The standard InChI is InChI=1S/C19H30N4O3/c1-4-20-18(22-14-19(3)9-6-11-26-19)21-10-12-25-17-8-5-7-16(13-17)23-15(2)24/h5,7-8,13H,4,6,9-12,14H2,1-3H3,(H,23,24)(H2,20,21,22). The summed E-state index contributed by atoms with van der Waals surface area (Å²) >= 11 is 0. The predicted octanol–water partition coefficient (Wildman–Crippen LogP) is 2.15. The average Bonchev–Trinajstić information content (AvgIpc) is 3.03. The number of aliphatic imine (C=N–C) groups is 1. The third kappa shape index (κ3) is 6.92. The number of hydrogen-bond donors (Lipinski definition) is 3. The van der Waals surface area contributed by atoms with Crippen molar-refractivity contribution < 1.29 is 14.3 Å². The highest BCUT2D eigenvalue weighted by molar-refractivity contribution is 5.88. The van der Waals surface area contributed by atoms with Crippen LogP contribution < -0.4 is 20.7 Å². The third-order valence-corrected chi connectivity index (χ3v) is 4.03. The van der Waals surface area contributed by atoms with Crippen LogP contribution in [0.2, 0.25) is 0 Å². The Labute approximate surface area is 155 Å². The number of rotatable bonds is 8. The maximum Gasteiger partial charge on any atom is 0.221 e. The summed E-state index contributed by atoms with van der Waals surface area (Å²) in [5, 5.41) is 9.24. The molecule has 7 nitrogen and oxygen atoms in total. The Hall–Kier alpha value is -2.28. The molecule has 1 aliphatic heterocycles. The van der Waals surface area contributed by atoms with E-state index in [0.717, 1.165) is 37.6 Å². The number of carbonyl (C=O) groups is 1. The van der Waals surface area contributed by atoms with Crippen molar-refractivity contribution in [1.29, 1.82) is 0 Å². The van der Waals surface area contributed by atoms with E-state index in [1.54, 1.807) is 6.07 Å². The van der Waals surface area contributed by atoms with E-state index in [0.29, 0.717) is 25.4 Å². The molecule has 144 valence electrons. The van der Waals surface area contributed by atoms with Crippen LogP contribution in [0.25, 0.3) is 0 Å². The molecule has 0 radical (unpaired) electrons. The lowest BCUT2D eigenvalue weighted by Gasteiger charge is -2.21. The lowest BCUT2D eigenvalue weighted by molar-refractivity contribution is -0.114. The van der Waals surface area contributed by atoms with Crippen molar-refractivity contribution in [2.24, 2.45) is 4.99 Å². The molecule has 3 N–H and O–H groups in total. The van der Waals surface area contributed by atoms with Crippen molar-refractivity contribution in [1.82, 2.24) is 10.6 Å². The van der Waals surface area contributed by atoms with Gasteiger partial charge in [-0.25, -0.2) is 0 Å². The summed E-state index contributed by atoms with van der Waals surface area (Å²) in [6.07, 6.45) is 2.14. The van der Waals surface area contributed by atoms with E-state index in [1.807, 2.05) is 25.1 Å². The van der Waals surface area contributed by atoms with Crippen LogP contribution in [0.4, 0.5) is 5.69 Å². The molecule has 0 spiro atoms. The van der Waals surface area contributed by atoms with Crippen LogP contribution in [0, 0.1) is 0 Å². The Balaban J connectivity index is 1.77. The van der Waals surface area contributed by atoms with Crippen LogP contribution in [-0.4, -0.2) is 50.3 Å². The highest BCUT2D eigenvalue weighted by Crippen LogP contribution is 2.25. The summed E-state index contributed by atoms with van der Waals surface area (Å²) in [6.45, 7) is 8.99. The first-order valence-corrected chi connectivity index (χ1v) is 9.17. The van der Waals surface area contributed by atoms with Crippen LogP contribution in [0.5, 0.6) is 5.75 Å². The van der Waals surface area contributed by atoms with E-state index in [-0.39, 0.29) is 11.5 Å². The first-order chi connectivity index (χ1) is 12.5. The molecule has 1 atom stereocenters. The maximum absolute atomic E-state index is 11.1. The fourth-order valence-corrected chi connectivity index (χ4v) is 2.75. The summed E-state index contributed by atoms with van der Waals surface area (Å²) in [5.74, 6) is 1.38. The van der Waals surface area contributed by atoms with E-state index >= 15 is 0 Å². The van der Waals surface area contributed by atoms with Crippen LogP contribution in [0.3, 0.4) is 0 Å². The molecule has 0 aliphatic carbocycles. The minimum absolute atomic E-state index is 0.102. The second-order valence-corrected chi connectivity index (χ2v) is 6.58. The number of guanidine groups is 1. The van der Waals surface area contributed by atoms with Gasteiger partial charge in [0.05, 0.1) is 18.7 Å². The average molecular weight is 362 g/mol. The lowest BCUT2D eigenvalue weighted by Crippen LogP contribution is -2.40. The van der Waals surface area contributed by atoms with Crippen molar-refractivity contribution >= 4 is 17.6 Å². The molecule has 0 aromatic heterocycles. The van der Waals surface area contributed by atoms with Gasteiger partial charge in [-0.1, -0.05) is 6.07 Å². The maximum atomic E-state index is 11.1. The highest BCUT2D eigenvalue weighted by atomic mass is 16.5. The SMILES string of the molecule is CCNC(=NCC1(C)CCCO1)NCCOc1cccc(NC(C)=O)c1. The minimum Gasteiger partial charge on any atom is -0.492 e. The normalized spacial score (nSPS) is 19.9. The molecule has 1 aromatic rings. The number of nitrogens with zero attached hydrogens (tertiary/aromatic N) is 1. The van der Waals surface area contributed by atoms with Gasteiger partial charge in [-0.3, -0.25) is 9.79 Å². The zero-order chi connectivity index (χ0) is 18.8. The van der Waals surface area contributed by atoms with Crippen molar-refractivity contribution in [2.75, 3.05) is 38.2 Å². The zero-order valence-corrected chi connectivity index (χ0v) is 15.9. The summed E-state index contributed by atoms with van der Waals surface area (Å²) in [7, 11) is 0. The summed E-state index contributed by atoms with van der Waals surface area (Å²) < 4.78 is 11.5. The van der Waals surface area contributed by atoms with Crippen LogP contribution >= 0.6 is 0 Å². The van der Waals surface area contributed by atoms with Gasteiger partial charge in [0.2, 0.25) is 5.91 Å². The quantitative estimate of drug-likeness (QED) is 0.375. The fourth-order valence-electron chi connectivity index (χ4n) is 2.75. The van der Waals surface area contributed by atoms with E-state index in [9.17, 15) is 4.79 Å². The predicted molar refractivity (Wildman–Crippen MR) is 104 cm³/mol. The Morgan fingerprint density at radius 3 is 2.92 bits per heavy atom. The molecule has 0 saturated carbocycles. The zero-order valence-electron chi connectivity index (χ0n) is 15.9. The molecule has 26 heavy (non-hydrogen) atoms. The van der Waals surface area contributed by atoms with Crippen molar-refractivity contribution in [3.8, 4) is 5.75 Å². The number of benzene rings is 1. The molecule has 1 aromatic carbocycles. The summed E-state index contributed by atoms with van der Waals surface area (Å²) in [5.41, 5.74) is 0.575. The molecule has 1 heterocycles. The number of hydrogen-bond acceptors (Lipinski definition) is 4. The van der Waals surface area contributed by atoms with Gasteiger partial charge in [-0.15, -0.1) is 0 Å². The van der Waals surface area contributed by atoms with Crippen molar-refractivity contribution in [3.05, 3.63) is 24.3 Å². The summed E-state index contributed by atoms with van der Waals surface area (Å²) in [6, 6.07) is 7.35. The van der Waals surface area contributed by atoms with Gasteiger partial charge in [0.25, 0.3) is 0 Å². The third-order valence-electron chi connectivity index (χ3n) is 4.03. The molecule has 7 heteroatoms. The number of nitrogens with one attached hydrogen (secondary N) is 3. The minimum atomic E-state index is -0.150. The number of anilines is 1. The largest absolute Gasteiger partial charge is 0.492 e. The second kappa shape index (κ2) is 10.0. The van der Waals surface area contributed by atoms with E-state index in [4.69, 9.17) is 9.47 Å². The first-order valence-electron chi connectivity index (χ1n) is 9.17. The van der Waals surface area contributed by atoms with Gasteiger partial charge in [-0.05, 0) is 38.8 Å². The van der Waals surface area contributed by atoms with Gasteiger partial charge in [0.15, 0.2) is 5.96 Å². The molecule has 0 bridgehead atoms. The summed E-state index contributed by atoms with van der Waals surface area (Å²) in [4.78, 5) is 15.7. The van der Waals surface area contributed by atoms with Gasteiger partial charge in [0, 0.05) is 31.8 Å². The van der Waals surface area contributed by atoms with Crippen LogP contribution in [0.15, 0.2) is 29.3 Å². The first kappa shape index (κ1) is 20.0. The fraction of sp³-hybridized carbons (Fsp3) is 0.579. The van der Waals surface area contributed by atoms with Gasteiger partial charge >= 0.3 is 0 Å². The Bertz CT molecular complexity index is 613.